The van der Waals surface area contributed by atoms with E-state index in [0.29, 0.717) is 12.4 Å². The Morgan fingerprint density at radius 3 is 2.57 bits per heavy atom. The van der Waals surface area contributed by atoms with Crippen molar-refractivity contribution in [3.8, 4) is 5.75 Å². The van der Waals surface area contributed by atoms with E-state index in [4.69, 9.17) is 4.74 Å². The molecule has 0 heterocycles. The van der Waals surface area contributed by atoms with Gasteiger partial charge in [-0.3, -0.25) is 10.1 Å². The number of rotatable bonds is 6. The molecule has 0 bridgehead atoms. The zero-order valence-corrected chi connectivity index (χ0v) is 12.9. The van der Waals surface area contributed by atoms with Crippen molar-refractivity contribution < 1.29 is 9.66 Å². The number of nitro benzene ring substituents is 1. The Labute approximate surface area is 128 Å². The normalized spacial score (nSPS) is 10.4. The van der Waals surface area contributed by atoms with E-state index >= 15 is 0 Å². The van der Waals surface area contributed by atoms with Gasteiger partial charge in [-0.1, -0.05) is 24.3 Å². The van der Waals surface area contributed by atoms with Crippen LogP contribution in [-0.2, 0) is 0 Å². The van der Waals surface area contributed by atoms with E-state index in [1.165, 1.54) is 0 Å². The van der Waals surface area contributed by atoms with Gasteiger partial charge >= 0.3 is 5.69 Å². The van der Waals surface area contributed by atoms with Crippen molar-refractivity contribution >= 4 is 17.4 Å². The lowest BCUT2D eigenvalue weighted by molar-refractivity contribution is -0.385. The summed E-state index contributed by atoms with van der Waals surface area (Å²) >= 11 is 1.67. The average molecular weight is 303 g/mol. The Balaban J connectivity index is 1.98. The maximum atomic E-state index is 11.1. The van der Waals surface area contributed by atoms with Gasteiger partial charge in [0.05, 0.1) is 11.5 Å². The van der Waals surface area contributed by atoms with Crippen LogP contribution in [0.5, 0.6) is 5.75 Å². The highest BCUT2D eigenvalue weighted by Crippen LogP contribution is 2.32. The number of ether oxygens (including phenoxy) is 1. The van der Waals surface area contributed by atoms with Crippen molar-refractivity contribution in [1.29, 1.82) is 0 Å². The third kappa shape index (κ3) is 4.23. The summed E-state index contributed by atoms with van der Waals surface area (Å²) in [4.78, 5) is 11.9. The molecule has 4 nitrogen and oxygen atoms in total. The van der Waals surface area contributed by atoms with E-state index in [2.05, 4.69) is 0 Å². The Morgan fingerprint density at radius 1 is 1.19 bits per heavy atom. The maximum Gasteiger partial charge on any atom is 0.311 e. The molecule has 0 spiro atoms. The third-order valence-electron chi connectivity index (χ3n) is 2.94. The SMILES string of the molecule is Cc1cc(C)c(OCCSc2ccccc2)c([N+](=O)[O-])c1. The molecule has 2 aromatic rings. The topological polar surface area (TPSA) is 52.4 Å². The summed E-state index contributed by atoms with van der Waals surface area (Å²) in [6.45, 7) is 4.11. The lowest BCUT2D eigenvalue weighted by atomic mass is 10.1. The number of nitrogens with zero attached hydrogens (tertiary/aromatic N) is 1. The van der Waals surface area contributed by atoms with Crippen LogP contribution in [0.15, 0.2) is 47.4 Å². The minimum absolute atomic E-state index is 0.0391. The van der Waals surface area contributed by atoms with Gasteiger partial charge < -0.3 is 4.74 Å². The van der Waals surface area contributed by atoms with Crippen LogP contribution in [-0.4, -0.2) is 17.3 Å². The summed E-state index contributed by atoms with van der Waals surface area (Å²) in [6, 6.07) is 13.4. The molecule has 0 aliphatic carbocycles. The zero-order chi connectivity index (χ0) is 15.2. The Kier molecular flexibility index (Phi) is 5.22. The summed E-state index contributed by atoms with van der Waals surface area (Å²) in [7, 11) is 0. The molecule has 5 heteroatoms. The molecular formula is C16H17NO3S. The summed E-state index contributed by atoms with van der Waals surface area (Å²) in [5, 5.41) is 11.1. The molecule has 2 aromatic carbocycles. The highest BCUT2D eigenvalue weighted by Gasteiger charge is 2.18. The molecule has 0 atom stereocenters. The molecule has 0 radical (unpaired) electrons. The van der Waals surface area contributed by atoms with Crippen LogP contribution in [0.3, 0.4) is 0 Å². The Morgan fingerprint density at radius 2 is 1.90 bits per heavy atom. The third-order valence-corrected chi connectivity index (χ3v) is 3.91. The molecule has 0 aliphatic heterocycles. The van der Waals surface area contributed by atoms with Crippen molar-refractivity contribution in [2.75, 3.05) is 12.4 Å². The summed E-state index contributed by atoms with van der Waals surface area (Å²) in [6.07, 6.45) is 0. The maximum absolute atomic E-state index is 11.1. The van der Waals surface area contributed by atoms with Crippen molar-refractivity contribution in [3.05, 3.63) is 63.7 Å². The van der Waals surface area contributed by atoms with E-state index in [-0.39, 0.29) is 10.6 Å². The van der Waals surface area contributed by atoms with Gasteiger partial charge in [0.1, 0.15) is 0 Å². The van der Waals surface area contributed by atoms with Gasteiger partial charge in [0.15, 0.2) is 5.75 Å². The first-order valence-corrected chi connectivity index (χ1v) is 7.63. The van der Waals surface area contributed by atoms with Gasteiger partial charge in [-0.25, -0.2) is 0 Å². The molecule has 0 saturated heterocycles. The van der Waals surface area contributed by atoms with Crippen LogP contribution in [0.25, 0.3) is 0 Å². The Bertz CT molecular complexity index is 629. The van der Waals surface area contributed by atoms with Crippen LogP contribution in [0.1, 0.15) is 11.1 Å². The first-order chi connectivity index (χ1) is 10.1. The largest absolute Gasteiger partial charge is 0.486 e. The molecule has 0 unspecified atom stereocenters. The number of thioether (sulfide) groups is 1. The number of hydrogen-bond donors (Lipinski definition) is 0. The number of nitro groups is 1. The average Bonchev–Trinajstić information content (AvgIpc) is 2.45. The highest BCUT2D eigenvalue weighted by atomic mass is 32.2. The van der Waals surface area contributed by atoms with Crippen LogP contribution >= 0.6 is 11.8 Å². The van der Waals surface area contributed by atoms with Crippen molar-refractivity contribution in [3.63, 3.8) is 0 Å². The Hall–Kier alpha value is -2.01. The fraction of sp³-hybridized carbons (Fsp3) is 0.250. The van der Waals surface area contributed by atoms with E-state index < -0.39 is 0 Å². The van der Waals surface area contributed by atoms with Gasteiger partial charge in [0.2, 0.25) is 0 Å². The fourth-order valence-corrected chi connectivity index (χ4v) is 2.83. The van der Waals surface area contributed by atoms with Gasteiger partial charge in [-0.15, -0.1) is 11.8 Å². The lowest BCUT2D eigenvalue weighted by Crippen LogP contribution is -2.04. The molecule has 0 aromatic heterocycles. The molecule has 2 rings (SSSR count). The molecule has 0 saturated carbocycles. The molecular weight excluding hydrogens is 286 g/mol. The molecule has 0 N–H and O–H groups in total. The van der Waals surface area contributed by atoms with E-state index in [1.807, 2.05) is 50.2 Å². The van der Waals surface area contributed by atoms with Crippen molar-refractivity contribution in [1.82, 2.24) is 0 Å². The smallest absolute Gasteiger partial charge is 0.311 e. The number of aryl methyl sites for hydroxylation is 2. The predicted octanol–water partition coefficient (Wildman–Crippen LogP) is 4.38. The number of benzene rings is 2. The molecule has 21 heavy (non-hydrogen) atoms. The quantitative estimate of drug-likeness (QED) is 0.344. The molecule has 0 aliphatic rings. The minimum atomic E-state index is -0.389. The van der Waals surface area contributed by atoms with Gasteiger partial charge in [-0.05, 0) is 37.1 Å². The van der Waals surface area contributed by atoms with Gasteiger partial charge in [0.25, 0.3) is 0 Å². The van der Waals surface area contributed by atoms with Crippen LogP contribution in [0, 0.1) is 24.0 Å². The van der Waals surface area contributed by atoms with Crippen LogP contribution in [0.2, 0.25) is 0 Å². The van der Waals surface area contributed by atoms with Gasteiger partial charge in [-0.2, -0.15) is 0 Å². The van der Waals surface area contributed by atoms with Crippen molar-refractivity contribution in [2.45, 2.75) is 18.7 Å². The second-order valence-electron chi connectivity index (χ2n) is 4.70. The highest BCUT2D eigenvalue weighted by molar-refractivity contribution is 7.99. The summed E-state index contributed by atoms with van der Waals surface area (Å²) < 4.78 is 5.64. The van der Waals surface area contributed by atoms with Crippen LogP contribution < -0.4 is 4.74 Å². The van der Waals surface area contributed by atoms with Crippen LogP contribution in [0.4, 0.5) is 5.69 Å². The molecule has 110 valence electrons. The second-order valence-corrected chi connectivity index (χ2v) is 5.87. The second kappa shape index (κ2) is 7.13. The summed E-state index contributed by atoms with van der Waals surface area (Å²) in [5.41, 5.74) is 1.70. The van der Waals surface area contributed by atoms with E-state index in [1.54, 1.807) is 17.8 Å². The molecule has 0 amide bonds. The zero-order valence-electron chi connectivity index (χ0n) is 12.0. The first-order valence-electron chi connectivity index (χ1n) is 6.64. The molecule has 0 fully saturated rings. The first kappa shape index (κ1) is 15.4. The lowest BCUT2D eigenvalue weighted by Gasteiger charge is -2.10. The predicted molar refractivity (Wildman–Crippen MR) is 85.2 cm³/mol. The summed E-state index contributed by atoms with van der Waals surface area (Å²) in [5.74, 6) is 1.12. The standard InChI is InChI=1S/C16H17NO3S/c1-12-10-13(2)16(15(11-12)17(18)19)20-8-9-21-14-6-4-3-5-7-14/h3-7,10-11H,8-9H2,1-2H3. The number of hydrogen-bond acceptors (Lipinski definition) is 4. The fourth-order valence-electron chi connectivity index (χ4n) is 2.08. The van der Waals surface area contributed by atoms with Crippen molar-refractivity contribution in [2.24, 2.45) is 0 Å². The van der Waals surface area contributed by atoms with E-state index in [9.17, 15) is 10.1 Å². The minimum Gasteiger partial charge on any atom is -0.486 e. The van der Waals surface area contributed by atoms with E-state index in [0.717, 1.165) is 21.8 Å². The van der Waals surface area contributed by atoms with Gasteiger partial charge in [0, 0.05) is 16.7 Å². The monoisotopic (exact) mass is 303 g/mol.